The highest BCUT2D eigenvalue weighted by molar-refractivity contribution is 6.04. The molecule has 0 radical (unpaired) electrons. The third-order valence-electron chi connectivity index (χ3n) is 5.69. The summed E-state index contributed by atoms with van der Waals surface area (Å²) < 4.78 is 5.33. The summed E-state index contributed by atoms with van der Waals surface area (Å²) in [5.74, 6) is -0.465. The monoisotopic (exact) mass is 421 g/mol. The van der Waals surface area contributed by atoms with Crippen LogP contribution in [0.15, 0.2) is 60.2 Å². The topological polar surface area (TPSA) is 90.9 Å². The predicted octanol–water partition coefficient (Wildman–Crippen LogP) is 2.98. The van der Waals surface area contributed by atoms with E-state index in [9.17, 15) is 14.7 Å². The van der Waals surface area contributed by atoms with Gasteiger partial charge in [-0.2, -0.15) is 0 Å². The molecule has 0 spiro atoms. The van der Waals surface area contributed by atoms with Crippen molar-refractivity contribution in [2.24, 2.45) is 0 Å². The third-order valence-corrected chi connectivity index (χ3v) is 5.69. The molecule has 1 atom stereocenters. The van der Waals surface area contributed by atoms with Crippen molar-refractivity contribution < 1.29 is 19.4 Å². The molecule has 2 heterocycles. The number of aliphatic hydroxyl groups is 1. The lowest BCUT2D eigenvalue weighted by atomic mass is 9.92. The summed E-state index contributed by atoms with van der Waals surface area (Å²) in [6.45, 7) is 3.60. The average molecular weight is 421 g/mol. The van der Waals surface area contributed by atoms with Gasteiger partial charge in [0, 0.05) is 18.8 Å². The number of urea groups is 1. The van der Waals surface area contributed by atoms with Crippen LogP contribution in [0.4, 0.5) is 10.5 Å². The zero-order chi connectivity index (χ0) is 21.8. The minimum Gasteiger partial charge on any atom is -0.463 e. The van der Waals surface area contributed by atoms with Crippen molar-refractivity contribution in [3.63, 3.8) is 0 Å². The number of ether oxygens (including phenoxy) is 1. The minimum absolute atomic E-state index is 0.228. The lowest BCUT2D eigenvalue weighted by Crippen LogP contribution is -2.45. The number of amides is 2. The fourth-order valence-electron chi connectivity index (χ4n) is 4.08. The number of esters is 1. The Morgan fingerprint density at radius 2 is 1.77 bits per heavy atom. The summed E-state index contributed by atoms with van der Waals surface area (Å²) in [5.41, 5.74) is 3.44. The standard InChI is InChI=1S/C24H27N3O4/c1-2-31-23(29)20-21(16-6-4-3-5-7-16)25-24(30)26-22(20)17-8-10-18(11-9-17)27-14-12-19(28)13-15-27/h3-11,19,22,28H,2,12-15H2,1H3,(H2,25,26,30). The fraction of sp³-hybridized carbons (Fsp3) is 0.333. The number of aliphatic hydroxyl groups excluding tert-OH is 1. The Morgan fingerprint density at radius 3 is 2.42 bits per heavy atom. The highest BCUT2D eigenvalue weighted by atomic mass is 16.5. The molecule has 7 heteroatoms. The fourth-order valence-corrected chi connectivity index (χ4v) is 4.08. The van der Waals surface area contributed by atoms with Crippen molar-refractivity contribution in [3.8, 4) is 0 Å². The van der Waals surface area contributed by atoms with Crippen LogP contribution in [0.25, 0.3) is 5.70 Å². The van der Waals surface area contributed by atoms with Crippen molar-refractivity contribution in [1.29, 1.82) is 0 Å². The number of rotatable bonds is 5. The van der Waals surface area contributed by atoms with Crippen LogP contribution in [-0.2, 0) is 9.53 Å². The van der Waals surface area contributed by atoms with Crippen LogP contribution in [0.3, 0.4) is 0 Å². The summed E-state index contributed by atoms with van der Waals surface area (Å²) >= 11 is 0. The Labute approximate surface area is 181 Å². The number of nitrogens with one attached hydrogen (secondary N) is 2. The van der Waals surface area contributed by atoms with Crippen LogP contribution in [0.2, 0.25) is 0 Å². The maximum absolute atomic E-state index is 12.9. The van der Waals surface area contributed by atoms with Crippen LogP contribution in [0.5, 0.6) is 0 Å². The molecular weight excluding hydrogens is 394 g/mol. The van der Waals surface area contributed by atoms with Crippen molar-refractivity contribution in [2.75, 3.05) is 24.6 Å². The highest BCUT2D eigenvalue weighted by Gasteiger charge is 2.34. The highest BCUT2D eigenvalue weighted by Crippen LogP contribution is 2.33. The first-order chi connectivity index (χ1) is 15.1. The molecule has 0 aliphatic carbocycles. The number of hydrogen-bond donors (Lipinski definition) is 3. The van der Waals surface area contributed by atoms with Crippen LogP contribution in [0, 0.1) is 0 Å². The largest absolute Gasteiger partial charge is 0.463 e. The first-order valence-electron chi connectivity index (χ1n) is 10.6. The number of nitrogens with zero attached hydrogens (tertiary/aromatic N) is 1. The molecule has 1 fully saturated rings. The number of benzene rings is 2. The molecule has 2 aliphatic heterocycles. The van der Waals surface area contributed by atoms with Crippen LogP contribution < -0.4 is 15.5 Å². The van der Waals surface area contributed by atoms with Crippen LogP contribution >= 0.6 is 0 Å². The van der Waals surface area contributed by atoms with E-state index in [1.165, 1.54) is 0 Å². The van der Waals surface area contributed by atoms with Gasteiger partial charge < -0.3 is 25.4 Å². The maximum Gasteiger partial charge on any atom is 0.338 e. The quantitative estimate of drug-likeness (QED) is 0.646. The first-order valence-corrected chi connectivity index (χ1v) is 10.6. The van der Waals surface area contributed by atoms with Gasteiger partial charge in [0.05, 0.1) is 30.0 Å². The molecule has 0 aromatic heterocycles. The smallest absolute Gasteiger partial charge is 0.338 e. The third kappa shape index (κ3) is 4.56. The molecule has 0 saturated carbocycles. The van der Waals surface area contributed by atoms with Gasteiger partial charge in [0.15, 0.2) is 0 Å². The van der Waals surface area contributed by atoms with E-state index in [1.807, 2.05) is 54.6 Å². The molecule has 0 bridgehead atoms. The molecule has 1 unspecified atom stereocenters. The summed E-state index contributed by atoms with van der Waals surface area (Å²) in [5, 5.41) is 15.4. The van der Waals surface area contributed by atoms with Gasteiger partial charge in [-0.05, 0) is 43.0 Å². The van der Waals surface area contributed by atoms with Gasteiger partial charge in [-0.25, -0.2) is 9.59 Å². The molecular formula is C24H27N3O4. The predicted molar refractivity (Wildman–Crippen MR) is 118 cm³/mol. The van der Waals surface area contributed by atoms with E-state index in [1.54, 1.807) is 6.92 Å². The Bertz CT molecular complexity index is 964. The average Bonchev–Trinajstić information content (AvgIpc) is 2.80. The van der Waals surface area contributed by atoms with Crippen molar-refractivity contribution in [3.05, 3.63) is 71.3 Å². The van der Waals surface area contributed by atoms with Gasteiger partial charge in [-0.3, -0.25) is 0 Å². The van der Waals surface area contributed by atoms with Gasteiger partial charge in [0.1, 0.15) is 0 Å². The van der Waals surface area contributed by atoms with Crippen LogP contribution in [0.1, 0.15) is 36.9 Å². The van der Waals surface area contributed by atoms with E-state index in [2.05, 4.69) is 15.5 Å². The molecule has 4 rings (SSSR count). The lowest BCUT2D eigenvalue weighted by molar-refractivity contribution is -0.138. The molecule has 2 aliphatic rings. The summed E-state index contributed by atoms with van der Waals surface area (Å²) in [4.78, 5) is 27.6. The van der Waals surface area contributed by atoms with E-state index in [0.717, 1.165) is 42.7 Å². The number of carbonyl (C=O) groups is 2. The Kier molecular flexibility index (Phi) is 6.23. The molecule has 2 aromatic rings. The zero-order valence-electron chi connectivity index (χ0n) is 17.5. The van der Waals surface area contributed by atoms with Gasteiger partial charge in [0.25, 0.3) is 0 Å². The molecule has 3 N–H and O–H groups in total. The van der Waals surface area contributed by atoms with Gasteiger partial charge in [-0.1, -0.05) is 42.5 Å². The lowest BCUT2D eigenvalue weighted by Gasteiger charge is -2.32. The van der Waals surface area contributed by atoms with Crippen molar-refractivity contribution in [1.82, 2.24) is 10.6 Å². The Balaban J connectivity index is 1.69. The first kappa shape index (κ1) is 20.9. The molecule has 1 saturated heterocycles. The second-order valence-corrected chi connectivity index (χ2v) is 7.72. The van der Waals surface area contributed by atoms with E-state index in [-0.39, 0.29) is 18.7 Å². The van der Waals surface area contributed by atoms with E-state index < -0.39 is 12.0 Å². The van der Waals surface area contributed by atoms with E-state index >= 15 is 0 Å². The molecule has 7 nitrogen and oxygen atoms in total. The normalized spacial score (nSPS) is 19.6. The summed E-state index contributed by atoms with van der Waals surface area (Å²) in [6, 6.07) is 16.2. The summed E-state index contributed by atoms with van der Waals surface area (Å²) in [6.07, 6.45) is 1.28. The van der Waals surface area contributed by atoms with Crippen molar-refractivity contribution in [2.45, 2.75) is 31.9 Å². The maximum atomic E-state index is 12.9. The molecule has 31 heavy (non-hydrogen) atoms. The van der Waals surface area contributed by atoms with E-state index in [4.69, 9.17) is 4.74 Å². The van der Waals surface area contributed by atoms with Gasteiger partial charge >= 0.3 is 12.0 Å². The number of piperidine rings is 1. The molecule has 2 amide bonds. The minimum atomic E-state index is -0.625. The SMILES string of the molecule is CCOC(=O)C1=C(c2ccccc2)NC(=O)NC1c1ccc(N2CCC(O)CC2)cc1. The van der Waals surface area contributed by atoms with Crippen LogP contribution in [-0.4, -0.2) is 42.9 Å². The van der Waals surface area contributed by atoms with Gasteiger partial charge in [-0.15, -0.1) is 0 Å². The Hall–Kier alpha value is -3.32. The Morgan fingerprint density at radius 1 is 1.10 bits per heavy atom. The molecule has 2 aromatic carbocycles. The number of carbonyl (C=O) groups excluding carboxylic acids is 2. The number of anilines is 1. The second-order valence-electron chi connectivity index (χ2n) is 7.72. The summed E-state index contributed by atoms with van der Waals surface area (Å²) in [7, 11) is 0. The van der Waals surface area contributed by atoms with Crippen molar-refractivity contribution >= 4 is 23.4 Å². The van der Waals surface area contributed by atoms with Gasteiger partial charge in [0.2, 0.25) is 0 Å². The molecule has 162 valence electrons. The number of hydrogen-bond acceptors (Lipinski definition) is 5. The second kappa shape index (κ2) is 9.22. The zero-order valence-corrected chi connectivity index (χ0v) is 17.5. The van der Waals surface area contributed by atoms with E-state index in [0.29, 0.717) is 11.3 Å².